The molecule has 0 aliphatic carbocycles. The highest BCUT2D eigenvalue weighted by Crippen LogP contribution is 2.30. The van der Waals surface area contributed by atoms with Gasteiger partial charge in [0.05, 0.1) is 20.9 Å². The zero-order chi connectivity index (χ0) is 22.6. The van der Waals surface area contributed by atoms with Crippen LogP contribution >= 0.6 is 23.7 Å². The van der Waals surface area contributed by atoms with Crippen molar-refractivity contribution < 1.29 is 13.2 Å². The van der Waals surface area contributed by atoms with E-state index in [4.69, 9.17) is 0 Å². The third kappa shape index (κ3) is 6.75. The van der Waals surface area contributed by atoms with E-state index in [0.717, 1.165) is 21.3 Å². The molecule has 0 unspecified atom stereocenters. The van der Waals surface area contributed by atoms with E-state index in [0.29, 0.717) is 23.1 Å². The zero-order valence-electron chi connectivity index (χ0n) is 18.9. The maximum Gasteiger partial charge on any atom is 0.228 e. The highest BCUT2D eigenvalue weighted by Gasteiger charge is 2.21. The van der Waals surface area contributed by atoms with Gasteiger partial charge < -0.3 is 4.90 Å². The van der Waals surface area contributed by atoms with Crippen molar-refractivity contribution in [1.82, 2.24) is 9.88 Å². The lowest BCUT2D eigenvalue weighted by Gasteiger charge is -2.22. The van der Waals surface area contributed by atoms with Crippen LogP contribution in [0.1, 0.15) is 24.0 Å². The van der Waals surface area contributed by atoms with Crippen molar-refractivity contribution in [3.63, 3.8) is 0 Å². The molecule has 1 heterocycles. The second-order valence-corrected chi connectivity index (χ2v) is 11.2. The number of likely N-dealkylation sites (N-methyl/N-ethyl adjacent to an activating group) is 1. The number of aryl methyl sites for hydroxylation is 2. The molecule has 1 aromatic heterocycles. The standard InChI is InChI=1S/C23H29N3O3S2.ClH/c1-17-7-10-19(11-8-17)31(28,29)15-5-6-22(27)26(14-13-25(3)4)23-24-20-12-9-18(2)16-21(20)30-23;/h7-12,16H,5-6,13-15H2,1-4H3;1H. The number of carbonyl (C=O) groups is 1. The molecule has 6 nitrogen and oxygen atoms in total. The third-order valence-corrected chi connectivity index (χ3v) is 7.88. The average molecular weight is 496 g/mol. The molecule has 0 saturated carbocycles. The van der Waals surface area contributed by atoms with Gasteiger partial charge in [-0.3, -0.25) is 9.69 Å². The van der Waals surface area contributed by atoms with Crippen LogP contribution in [0.4, 0.5) is 5.13 Å². The molecule has 9 heteroatoms. The Morgan fingerprint density at radius 3 is 2.31 bits per heavy atom. The number of rotatable bonds is 9. The van der Waals surface area contributed by atoms with Gasteiger partial charge in [0.25, 0.3) is 0 Å². The van der Waals surface area contributed by atoms with Crippen LogP contribution in [-0.2, 0) is 14.6 Å². The fourth-order valence-electron chi connectivity index (χ4n) is 3.17. The Morgan fingerprint density at radius 2 is 1.66 bits per heavy atom. The lowest BCUT2D eigenvalue weighted by atomic mass is 10.2. The summed E-state index contributed by atoms with van der Waals surface area (Å²) >= 11 is 1.49. The van der Waals surface area contributed by atoms with Gasteiger partial charge in [-0.25, -0.2) is 13.4 Å². The van der Waals surface area contributed by atoms with E-state index in [1.165, 1.54) is 11.3 Å². The van der Waals surface area contributed by atoms with E-state index >= 15 is 0 Å². The number of aromatic nitrogens is 1. The summed E-state index contributed by atoms with van der Waals surface area (Å²) < 4.78 is 26.2. The van der Waals surface area contributed by atoms with Crippen LogP contribution in [0.25, 0.3) is 10.2 Å². The quantitative estimate of drug-likeness (QED) is 0.437. The number of halogens is 1. The first-order chi connectivity index (χ1) is 14.7. The maximum atomic E-state index is 13.0. The minimum Gasteiger partial charge on any atom is -0.308 e. The Hall–Kier alpha value is -2.00. The van der Waals surface area contributed by atoms with Crippen LogP contribution in [0.2, 0.25) is 0 Å². The minimum atomic E-state index is -3.41. The van der Waals surface area contributed by atoms with Crippen LogP contribution in [0.3, 0.4) is 0 Å². The van der Waals surface area contributed by atoms with Crippen molar-refractivity contribution in [2.24, 2.45) is 0 Å². The third-order valence-electron chi connectivity index (χ3n) is 5.02. The molecule has 0 saturated heterocycles. The normalized spacial score (nSPS) is 11.5. The molecule has 174 valence electrons. The summed E-state index contributed by atoms with van der Waals surface area (Å²) in [4.78, 5) is 21.7. The van der Waals surface area contributed by atoms with Gasteiger partial charge in [-0.1, -0.05) is 35.1 Å². The fourth-order valence-corrected chi connectivity index (χ4v) is 5.59. The van der Waals surface area contributed by atoms with E-state index in [1.54, 1.807) is 29.2 Å². The summed E-state index contributed by atoms with van der Waals surface area (Å²) in [6.45, 7) is 5.15. The molecule has 0 aliphatic rings. The molecule has 0 N–H and O–H groups in total. The van der Waals surface area contributed by atoms with Crippen LogP contribution in [0.15, 0.2) is 47.4 Å². The van der Waals surface area contributed by atoms with Gasteiger partial charge in [-0.2, -0.15) is 0 Å². The molecule has 0 atom stereocenters. The monoisotopic (exact) mass is 495 g/mol. The average Bonchev–Trinajstić information content (AvgIpc) is 3.10. The molecular formula is C23H30ClN3O3S2. The largest absolute Gasteiger partial charge is 0.308 e. The first kappa shape index (κ1) is 26.3. The van der Waals surface area contributed by atoms with E-state index in [2.05, 4.69) is 11.1 Å². The zero-order valence-corrected chi connectivity index (χ0v) is 21.3. The minimum absolute atomic E-state index is 0. The first-order valence-corrected chi connectivity index (χ1v) is 12.7. The van der Waals surface area contributed by atoms with Crippen molar-refractivity contribution in [3.05, 3.63) is 53.6 Å². The lowest BCUT2D eigenvalue weighted by molar-refractivity contribution is -0.118. The van der Waals surface area contributed by atoms with Crippen molar-refractivity contribution in [1.29, 1.82) is 0 Å². The number of fused-ring (bicyclic) bond motifs is 1. The van der Waals surface area contributed by atoms with Crippen LogP contribution in [0.5, 0.6) is 0 Å². The van der Waals surface area contributed by atoms with Gasteiger partial charge in [-0.05, 0) is 64.2 Å². The maximum absolute atomic E-state index is 13.0. The molecule has 0 radical (unpaired) electrons. The predicted octanol–water partition coefficient (Wildman–Crippen LogP) is 4.48. The first-order valence-electron chi connectivity index (χ1n) is 10.3. The van der Waals surface area contributed by atoms with Gasteiger partial charge in [0.1, 0.15) is 0 Å². The molecule has 0 fully saturated rings. The molecular weight excluding hydrogens is 466 g/mol. The molecule has 1 amide bonds. The summed E-state index contributed by atoms with van der Waals surface area (Å²) in [7, 11) is 0.508. The molecule has 3 aromatic rings. The SMILES string of the molecule is Cc1ccc(S(=O)(=O)CCCC(=O)N(CCN(C)C)c2nc3ccc(C)cc3s2)cc1.Cl. The molecule has 0 spiro atoms. The number of sulfone groups is 1. The molecule has 32 heavy (non-hydrogen) atoms. The highest BCUT2D eigenvalue weighted by atomic mass is 35.5. The smallest absolute Gasteiger partial charge is 0.228 e. The number of hydrogen-bond acceptors (Lipinski definition) is 6. The van der Waals surface area contributed by atoms with E-state index in [1.807, 2.05) is 45.0 Å². The second-order valence-electron chi connectivity index (χ2n) is 8.05. The van der Waals surface area contributed by atoms with E-state index in [-0.39, 0.29) is 36.9 Å². The van der Waals surface area contributed by atoms with Gasteiger partial charge in [0.15, 0.2) is 15.0 Å². The predicted molar refractivity (Wildman–Crippen MR) is 135 cm³/mol. The van der Waals surface area contributed by atoms with E-state index in [9.17, 15) is 13.2 Å². The molecule has 2 aromatic carbocycles. The number of nitrogens with zero attached hydrogens (tertiary/aromatic N) is 3. The van der Waals surface area contributed by atoms with Crippen LogP contribution in [0, 0.1) is 13.8 Å². The van der Waals surface area contributed by atoms with Gasteiger partial charge in [0.2, 0.25) is 5.91 Å². The number of carbonyl (C=O) groups excluding carboxylic acids is 1. The van der Waals surface area contributed by atoms with Crippen LogP contribution in [-0.4, -0.2) is 57.1 Å². The van der Waals surface area contributed by atoms with Crippen molar-refractivity contribution >= 4 is 54.8 Å². The fraction of sp³-hybridized carbons (Fsp3) is 0.391. The summed E-state index contributed by atoms with van der Waals surface area (Å²) in [6, 6.07) is 12.9. The number of amides is 1. The van der Waals surface area contributed by atoms with Gasteiger partial charge in [-0.15, -0.1) is 12.4 Å². The molecule has 0 aliphatic heterocycles. The van der Waals surface area contributed by atoms with E-state index < -0.39 is 9.84 Å². The van der Waals surface area contributed by atoms with Crippen LogP contribution < -0.4 is 4.90 Å². The van der Waals surface area contributed by atoms with Crippen molar-refractivity contribution in [2.75, 3.05) is 37.8 Å². The number of anilines is 1. The molecule has 0 bridgehead atoms. The number of hydrogen-bond donors (Lipinski definition) is 0. The van der Waals surface area contributed by atoms with Crippen molar-refractivity contribution in [3.8, 4) is 0 Å². The molecule has 3 rings (SSSR count). The van der Waals surface area contributed by atoms with Gasteiger partial charge in [0, 0.05) is 19.5 Å². The Bertz CT molecular complexity index is 1160. The number of benzene rings is 2. The van der Waals surface area contributed by atoms with Crippen molar-refractivity contribution in [2.45, 2.75) is 31.6 Å². The summed E-state index contributed by atoms with van der Waals surface area (Å²) in [6.07, 6.45) is 0.435. The highest BCUT2D eigenvalue weighted by molar-refractivity contribution is 7.91. The Labute approximate surface area is 200 Å². The van der Waals surface area contributed by atoms with Gasteiger partial charge >= 0.3 is 0 Å². The lowest BCUT2D eigenvalue weighted by Crippen LogP contribution is -2.36. The summed E-state index contributed by atoms with van der Waals surface area (Å²) in [5.41, 5.74) is 3.03. The number of thiazole rings is 1. The summed E-state index contributed by atoms with van der Waals surface area (Å²) in [5, 5.41) is 0.661. The topological polar surface area (TPSA) is 70.6 Å². The summed E-state index contributed by atoms with van der Waals surface area (Å²) in [5.74, 6) is -0.153. The Kier molecular flexibility index (Phi) is 9.21. The Balaban J connectivity index is 0.00000363. The second kappa shape index (κ2) is 11.2. The Morgan fingerprint density at radius 1 is 1.00 bits per heavy atom.